The molecule has 0 saturated heterocycles. The summed E-state index contributed by atoms with van der Waals surface area (Å²) in [5, 5.41) is 19.0. The molecule has 0 spiro atoms. The Labute approximate surface area is 244 Å². The highest BCUT2D eigenvalue weighted by molar-refractivity contribution is 7.92. The maximum atomic E-state index is 13.7. The van der Waals surface area contributed by atoms with Crippen molar-refractivity contribution in [3.05, 3.63) is 89.2 Å². The number of anilines is 1. The zero-order valence-electron chi connectivity index (χ0n) is 23.5. The van der Waals surface area contributed by atoms with Crippen LogP contribution in [0.3, 0.4) is 0 Å². The van der Waals surface area contributed by atoms with Crippen LogP contribution in [0.1, 0.15) is 40.1 Å². The molecule has 12 heteroatoms. The van der Waals surface area contributed by atoms with Gasteiger partial charge in [0.1, 0.15) is 17.7 Å². The Balaban J connectivity index is 1.60. The summed E-state index contributed by atoms with van der Waals surface area (Å²) in [6, 6.07) is 14.9. The Bertz CT molecular complexity index is 1530. The number of nitrogens with one attached hydrogen (secondary N) is 1. The first-order valence-electron chi connectivity index (χ1n) is 13.4. The maximum Gasteiger partial charge on any atom is 0.335 e. The SMILES string of the molecule is C[C@@H]1CN([C@H](C)CO)C(=O)c2cc(NS(=O)(=O)c3ccc(F)cc3)ccc2O[C@@H]1CN(C)Cc1ccc(C(=O)O)cc1. The van der Waals surface area contributed by atoms with E-state index in [0.717, 1.165) is 29.8 Å². The first-order chi connectivity index (χ1) is 19.9. The fourth-order valence-corrected chi connectivity index (χ4v) is 5.82. The number of nitrogens with zero attached hydrogens (tertiary/aromatic N) is 2. The number of sulfonamides is 1. The van der Waals surface area contributed by atoms with Crippen molar-refractivity contribution in [1.29, 1.82) is 0 Å². The summed E-state index contributed by atoms with van der Waals surface area (Å²) in [5.41, 5.74) is 1.39. The summed E-state index contributed by atoms with van der Waals surface area (Å²) >= 11 is 0. The molecule has 1 aliphatic heterocycles. The number of halogens is 1. The standard InChI is InChI=1S/C30H34FN3O7S/c1-19-15-34(20(2)18-35)29(36)26-14-24(32-42(39,40)25-11-8-23(31)9-12-25)10-13-27(26)41-28(19)17-33(3)16-21-4-6-22(7-5-21)30(37)38/h4-14,19-20,28,32,35H,15-18H2,1-3H3,(H,37,38)/t19-,20-,28-/m1/s1. The molecule has 3 atom stereocenters. The fraction of sp³-hybridized carbons (Fsp3) is 0.333. The Morgan fingerprint density at radius 2 is 1.81 bits per heavy atom. The third-order valence-corrected chi connectivity index (χ3v) is 8.58. The molecule has 1 aliphatic rings. The lowest BCUT2D eigenvalue weighted by molar-refractivity contribution is 0.0341. The Morgan fingerprint density at radius 1 is 1.14 bits per heavy atom. The van der Waals surface area contributed by atoms with Crippen molar-refractivity contribution in [1.82, 2.24) is 9.80 Å². The van der Waals surface area contributed by atoms with Gasteiger partial charge in [-0.1, -0.05) is 19.1 Å². The molecule has 0 aromatic heterocycles. The molecule has 10 nitrogen and oxygen atoms in total. The van der Waals surface area contributed by atoms with Gasteiger partial charge in [0.05, 0.1) is 28.7 Å². The number of likely N-dealkylation sites (N-methyl/N-ethyl adjacent to an activating group) is 1. The van der Waals surface area contributed by atoms with Crippen LogP contribution >= 0.6 is 0 Å². The van der Waals surface area contributed by atoms with Crippen LogP contribution < -0.4 is 9.46 Å². The second-order valence-corrected chi connectivity index (χ2v) is 12.3. The number of aromatic carboxylic acids is 1. The predicted molar refractivity (Wildman–Crippen MR) is 155 cm³/mol. The van der Waals surface area contributed by atoms with Crippen LogP contribution in [0.25, 0.3) is 0 Å². The average molecular weight is 600 g/mol. The van der Waals surface area contributed by atoms with Crippen molar-refractivity contribution in [3.8, 4) is 5.75 Å². The molecule has 1 heterocycles. The molecular formula is C30H34FN3O7S. The predicted octanol–water partition coefficient (Wildman–Crippen LogP) is 3.68. The van der Waals surface area contributed by atoms with Gasteiger partial charge in [-0.2, -0.15) is 0 Å². The van der Waals surface area contributed by atoms with Crippen LogP contribution in [0, 0.1) is 11.7 Å². The molecule has 0 aliphatic carbocycles. The second-order valence-electron chi connectivity index (χ2n) is 10.6. The Morgan fingerprint density at radius 3 is 2.43 bits per heavy atom. The number of carboxylic acid groups (broad SMARTS) is 1. The molecular weight excluding hydrogens is 565 g/mol. The normalized spacial score (nSPS) is 18.0. The number of aliphatic hydroxyl groups is 1. The van der Waals surface area contributed by atoms with E-state index in [2.05, 4.69) is 4.72 Å². The maximum absolute atomic E-state index is 13.7. The molecule has 3 aromatic rings. The lowest BCUT2D eigenvalue weighted by Gasteiger charge is -2.38. The highest BCUT2D eigenvalue weighted by Crippen LogP contribution is 2.31. The van der Waals surface area contributed by atoms with Crippen LogP contribution in [0.15, 0.2) is 71.6 Å². The van der Waals surface area contributed by atoms with E-state index in [1.807, 2.05) is 18.9 Å². The van der Waals surface area contributed by atoms with E-state index in [4.69, 9.17) is 9.84 Å². The van der Waals surface area contributed by atoms with E-state index in [9.17, 15) is 27.5 Å². The highest BCUT2D eigenvalue weighted by Gasteiger charge is 2.33. The summed E-state index contributed by atoms with van der Waals surface area (Å²) < 4.78 is 47.9. The summed E-state index contributed by atoms with van der Waals surface area (Å²) in [6.07, 6.45) is -0.379. The smallest absolute Gasteiger partial charge is 0.335 e. The topological polar surface area (TPSA) is 136 Å². The van der Waals surface area contributed by atoms with Crippen molar-refractivity contribution < 1.29 is 37.3 Å². The minimum Gasteiger partial charge on any atom is -0.488 e. The second kappa shape index (κ2) is 12.9. The molecule has 0 bridgehead atoms. The number of carboxylic acids is 1. The van der Waals surface area contributed by atoms with E-state index < -0.39 is 33.8 Å². The van der Waals surface area contributed by atoms with Crippen LogP contribution in [0.4, 0.5) is 10.1 Å². The van der Waals surface area contributed by atoms with Gasteiger partial charge in [-0.15, -0.1) is 0 Å². The monoisotopic (exact) mass is 599 g/mol. The van der Waals surface area contributed by atoms with Gasteiger partial charge < -0.3 is 19.8 Å². The van der Waals surface area contributed by atoms with Gasteiger partial charge in [-0.3, -0.25) is 14.4 Å². The van der Waals surface area contributed by atoms with Gasteiger partial charge in [0.2, 0.25) is 0 Å². The molecule has 0 unspecified atom stereocenters. The number of rotatable bonds is 10. The zero-order valence-corrected chi connectivity index (χ0v) is 24.3. The molecule has 4 rings (SSSR count). The van der Waals surface area contributed by atoms with E-state index in [0.29, 0.717) is 13.1 Å². The van der Waals surface area contributed by atoms with Crippen molar-refractivity contribution in [2.75, 3.05) is 31.5 Å². The summed E-state index contributed by atoms with van der Waals surface area (Å²) in [5.74, 6) is -1.83. The minimum absolute atomic E-state index is 0.124. The number of hydrogen-bond acceptors (Lipinski definition) is 7. The number of ether oxygens (including phenoxy) is 1. The van der Waals surface area contributed by atoms with Crippen molar-refractivity contribution in [2.24, 2.45) is 5.92 Å². The number of carbonyl (C=O) groups excluding carboxylic acids is 1. The van der Waals surface area contributed by atoms with Gasteiger partial charge in [0.25, 0.3) is 15.9 Å². The van der Waals surface area contributed by atoms with E-state index in [1.165, 1.54) is 18.2 Å². The van der Waals surface area contributed by atoms with Gasteiger partial charge in [-0.05, 0) is 74.1 Å². The van der Waals surface area contributed by atoms with Crippen molar-refractivity contribution in [2.45, 2.75) is 37.4 Å². The van der Waals surface area contributed by atoms with Crippen LogP contribution in [0.5, 0.6) is 5.75 Å². The van der Waals surface area contributed by atoms with Gasteiger partial charge in [0, 0.05) is 31.2 Å². The summed E-state index contributed by atoms with van der Waals surface area (Å²) in [6.45, 7) is 4.71. The molecule has 42 heavy (non-hydrogen) atoms. The molecule has 3 N–H and O–H groups in total. The van der Waals surface area contributed by atoms with E-state index in [1.54, 1.807) is 36.1 Å². The number of hydrogen-bond donors (Lipinski definition) is 3. The van der Waals surface area contributed by atoms with Gasteiger partial charge in [0.15, 0.2) is 0 Å². The molecule has 3 aromatic carbocycles. The molecule has 0 radical (unpaired) electrons. The van der Waals surface area contributed by atoms with E-state index >= 15 is 0 Å². The number of carbonyl (C=O) groups is 2. The van der Waals surface area contributed by atoms with Crippen LogP contribution in [-0.4, -0.2) is 79.2 Å². The first kappa shape index (κ1) is 30.9. The number of aliphatic hydroxyl groups excluding tert-OH is 1. The number of benzene rings is 3. The minimum atomic E-state index is -4.06. The number of fused-ring (bicyclic) bond motifs is 1. The molecule has 224 valence electrons. The number of amides is 1. The van der Waals surface area contributed by atoms with Crippen molar-refractivity contribution >= 4 is 27.6 Å². The van der Waals surface area contributed by atoms with Crippen LogP contribution in [-0.2, 0) is 16.6 Å². The lowest BCUT2D eigenvalue weighted by Crippen LogP contribution is -2.49. The Kier molecular flexibility index (Phi) is 9.50. The average Bonchev–Trinajstić information content (AvgIpc) is 2.95. The Hall–Kier alpha value is -4.00. The van der Waals surface area contributed by atoms with Gasteiger partial charge >= 0.3 is 5.97 Å². The third-order valence-electron chi connectivity index (χ3n) is 7.19. The summed E-state index contributed by atoms with van der Waals surface area (Å²) in [4.78, 5) is 28.3. The largest absolute Gasteiger partial charge is 0.488 e. The highest BCUT2D eigenvalue weighted by atomic mass is 32.2. The molecule has 0 saturated carbocycles. The first-order valence-corrected chi connectivity index (χ1v) is 14.9. The fourth-order valence-electron chi connectivity index (χ4n) is 4.77. The van der Waals surface area contributed by atoms with Crippen molar-refractivity contribution in [3.63, 3.8) is 0 Å². The summed E-state index contributed by atoms with van der Waals surface area (Å²) in [7, 11) is -2.15. The zero-order chi connectivity index (χ0) is 30.6. The van der Waals surface area contributed by atoms with Crippen LogP contribution in [0.2, 0.25) is 0 Å². The molecule has 0 fully saturated rings. The molecule has 1 amide bonds. The quantitative estimate of drug-likeness (QED) is 0.321. The lowest BCUT2D eigenvalue weighted by atomic mass is 9.99. The third kappa shape index (κ3) is 7.25. The van der Waals surface area contributed by atoms with Gasteiger partial charge in [-0.25, -0.2) is 17.6 Å². The van der Waals surface area contributed by atoms with E-state index in [-0.39, 0.29) is 52.6 Å².